The van der Waals surface area contributed by atoms with Crippen molar-refractivity contribution in [3.05, 3.63) is 62.7 Å². The molecule has 0 aromatic heterocycles. The minimum Gasteiger partial charge on any atom is -0.312 e. The van der Waals surface area contributed by atoms with Crippen molar-refractivity contribution < 1.29 is 19.3 Å². The van der Waals surface area contributed by atoms with Crippen LogP contribution in [-0.4, -0.2) is 22.4 Å². The topological polar surface area (TPSA) is 98.9 Å². The first-order valence-corrected chi connectivity index (χ1v) is 6.40. The molecule has 7 nitrogen and oxygen atoms in total. The maximum absolute atomic E-state index is 11.9. The number of nitro groups is 1. The molecule has 106 valence electrons. The number of hydrogen-bond donors (Lipinski definition) is 0. The number of halogens is 1. The molecular weight excluding hydrogens is 344 g/mol. The summed E-state index contributed by atoms with van der Waals surface area (Å²) in [5, 5.41) is 14.3. The number of ketones is 1. The number of nitrogens with zero attached hydrogens (tertiary/aromatic N) is 2. The minimum atomic E-state index is -0.850. The lowest BCUT2D eigenvalue weighted by Gasteiger charge is -2.03. The van der Waals surface area contributed by atoms with Crippen molar-refractivity contribution in [3.8, 4) is 0 Å². The van der Waals surface area contributed by atoms with E-state index >= 15 is 0 Å². The van der Waals surface area contributed by atoms with Gasteiger partial charge in [-0.1, -0.05) is 11.2 Å². The Labute approximate surface area is 126 Å². The van der Waals surface area contributed by atoms with E-state index in [1.807, 2.05) is 0 Å². The van der Waals surface area contributed by atoms with E-state index in [-0.39, 0.29) is 27.2 Å². The second-order valence-electron chi connectivity index (χ2n) is 3.86. The first-order valence-electron chi connectivity index (χ1n) is 5.61. The maximum Gasteiger partial charge on any atom is 0.367 e. The molecule has 8 heteroatoms. The van der Waals surface area contributed by atoms with Crippen molar-refractivity contribution in [2.45, 2.75) is 0 Å². The summed E-state index contributed by atoms with van der Waals surface area (Å²) in [5.41, 5.74) is 0.0121. The molecule has 0 radical (unpaired) electrons. The van der Waals surface area contributed by atoms with Gasteiger partial charge in [0.2, 0.25) is 0 Å². The van der Waals surface area contributed by atoms with Crippen LogP contribution in [0.25, 0.3) is 0 Å². The molecule has 1 aromatic carbocycles. The van der Waals surface area contributed by atoms with E-state index in [1.165, 1.54) is 42.5 Å². The number of oxime groups is 1. The van der Waals surface area contributed by atoms with Crippen LogP contribution in [-0.2, 0) is 9.63 Å². The van der Waals surface area contributed by atoms with Gasteiger partial charge in [0.15, 0.2) is 5.78 Å². The number of rotatable bonds is 3. The molecule has 1 aliphatic carbocycles. The highest BCUT2D eigenvalue weighted by Gasteiger charge is 2.20. The van der Waals surface area contributed by atoms with Gasteiger partial charge in [-0.3, -0.25) is 14.9 Å². The predicted molar refractivity (Wildman–Crippen MR) is 76.9 cm³/mol. The molecule has 0 saturated carbocycles. The third-order valence-corrected chi connectivity index (χ3v) is 3.30. The van der Waals surface area contributed by atoms with Crippen LogP contribution in [0.2, 0.25) is 0 Å². The lowest BCUT2D eigenvalue weighted by Crippen LogP contribution is -2.06. The lowest BCUT2D eigenvalue weighted by molar-refractivity contribution is -0.385. The van der Waals surface area contributed by atoms with Gasteiger partial charge in [0.05, 0.1) is 10.5 Å². The van der Waals surface area contributed by atoms with Crippen LogP contribution >= 0.6 is 15.9 Å². The zero-order valence-electron chi connectivity index (χ0n) is 10.4. The summed E-state index contributed by atoms with van der Waals surface area (Å²) in [6, 6.07) is 3.99. The van der Waals surface area contributed by atoms with Crippen molar-refractivity contribution in [2.75, 3.05) is 0 Å². The third kappa shape index (κ3) is 3.48. The summed E-state index contributed by atoms with van der Waals surface area (Å²) in [6.07, 6.45) is 5.32. The summed E-state index contributed by atoms with van der Waals surface area (Å²) in [5.74, 6) is -1.04. The van der Waals surface area contributed by atoms with Gasteiger partial charge in [0.25, 0.3) is 5.69 Å². The Kier molecular flexibility index (Phi) is 4.39. The molecule has 1 aromatic rings. The molecule has 0 unspecified atom stereocenters. The Balaban J connectivity index is 2.18. The number of carbonyl (C=O) groups is 2. The fraction of sp³-hybridized carbons (Fsp3) is 0. The summed E-state index contributed by atoms with van der Waals surface area (Å²) in [6.45, 7) is 0. The summed E-state index contributed by atoms with van der Waals surface area (Å²) in [7, 11) is 0. The van der Waals surface area contributed by atoms with Crippen LogP contribution in [0.4, 0.5) is 5.69 Å². The summed E-state index contributed by atoms with van der Waals surface area (Å²) < 4.78 is 0.0186. The van der Waals surface area contributed by atoms with E-state index in [9.17, 15) is 19.7 Å². The van der Waals surface area contributed by atoms with Gasteiger partial charge in [-0.05, 0) is 46.3 Å². The largest absolute Gasteiger partial charge is 0.367 e. The molecular formula is C13H7BrN2O5. The van der Waals surface area contributed by atoms with Crippen LogP contribution in [0.5, 0.6) is 0 Å². The van der Waals surface area contributed by atoms with Crippen molar-refractivity contribution in [1.29, 1.82) is 0 Å². The highest BCUT2D eigenvalue weighted by molar-refractivity contribution is 9.10. The van der Waals surface area contributed by atoms with Crippen molar-refractivity contribution in [1.82, 2.24) is 0 Å². The van der Waals surface area contributed by atoms with Gasteiger partial charge in [0.1, 0.15) is 10.2 Å². The van der Waals surface area contributed by atoms with Crippen LogP contribution in [0.3, 0.4) is 0 Å². The van der Waals surface area contributed by atoms with Gasteiger partial charge in [-0.25, -0.2) is 4.79 Å². The van der Waals surface area contributed by atoms with Crippen LogP contribution in [0.15, 0.2) is 52.1 Å². The van der Waals surface area contributed by atoms with Crippen molar-refractivity contribution in [3.63, 3.8) is 0 Å². The molecule has 1 aliphatic rings. The Hall–Kier alpha value is -2.61. The molecule has 0 saturated heterocycles. The van der Waals surface area contributed by atoms with E-state index in [0.29, 0.717) is 0 Å². The molecule has 0 heterocycles. The summed E-state index contributed by atoms with van der Waals surface area (Å²) in [4.78, 5) is 37.6. The molecule has 2 rings (SSSR count). The van der Waals surface area contributed by atoms with E-state index in [1.54, 1.807) is 0 Å². The molecule has 0 spiro atoms. The van der Waals surface area contributed by atoms with Gasteiger partial charge in [-0.2, -0.15) is 0 Å². The minimum absolute atomic E-state index is 0.0186. The quantitative estimate of drug-likeness (QED) is 0.361. The van der Waals surface area contributed by atoms with Crippen LogP contribution in [0, 0.1) is 10.1 Å². The normalized spacial score (nSPS) is 13.2. The van der Waals surface area contributed by atoms with E-state index in [0.717, 1.165) is 0 Å². The second kappa shape index (κ2) is 6.23. The first kappa shape index (κ1) is 14.8. The van der Waals surface area contributed by atoms with Crippen molar-refractivity contribution in [2.24, 2.45) is 5.16 Å². The fourth-order valence-corrected chi connectivity index (χ4v) is 2.04. The zero-order valence-corrected chi connectivity index (χ0v) is 11.9. The molecule has 0 atom stereocenters. The number of hydrogen-bond acceptors (Lipinski definition) is 6. The smallest absolute Gasteiger partial charge is 0.312 e. The van der Waals surface area contributed by atoms with E-state index in [4.69, 9.17) is 4.84 Å². The van der Waals surface area contributed by atoms with E-state index in [2.05, 4.69) is 21.1 Å². The van der Waals surface area contributed by atoms with Gasteiger partial charge < -0.3 is 4.84 Å². The fourth-order valence-electron chi connectivity index (χ4n) is 1.47. The first-order chi connectivity index (χ1) is 9.99. The van der Waals surface area contributed by atoms with Crippen LogP contribution < -0.4 is 0 Å². The molecule has 0 amide bonds. The van der Waals surface area contributed by atoms with Crippen LogP contribution in [0.1, 0.15) is 10.4 Å². The molecule has 0 aliphatic heterocycles. The number of allylic oxidation sites excluding steroid dienone is 4. The van der Waals surface area contributed by atoms with Gasteiger partial charge in [-0.15, -0.1) is 0 Å². The number of nitro benzene ring substituents is 1. The molecule has 21 heavy (non-hydrogen) atoms. The highest BCUT2D eigenvalue weighted by Crippen LogP contribution is 2.28. The highest BCUT2D eigenvalue weighted by atomic mass is 79.9. The Morgan fingerprint density at radius 3 is 2.52 bits per heavy atom. The van der Waals surface area contributed by atoms with Gasteiger partial charge in [0, 0.05) is 6.07 Å². The third-order valence-electron chi connectivity index (χ3n) is 2.47. The average molecular weight is 351 g/mol. The standard InChI is InChI=1S/C13H7BrN2O5/c14-12-10(2-1-3-11(12)16(19)20)13(18)21-15-8-4-6-9(17)7-5-8/h1-7H. The van der Waals surface area contributed by atoms with E-state index < -0.39 is 10.9 Å². The monoisotopic (exact) mass is 350 g/mol. The molecule has 0 bridgehead atoms. The average Bonchev–Trinajstić information content (AvgIpc) is 2.46. The number of benzene rings is 1. The zero-order chi connectivity index (χ0) is 15.4. The van der Waals surface area contributed by atoms with Gasteiger partial charge >= 0.3 is 5.97 Å². The Morgan fingerprint density at radius 2 is 1.90 bits per heavy atom. The Morgan fingerprint density at radius 1 is 1.24 bits per heavy atom. The Bertz CT molecular complexity index is 703. The molecule has 0 fully saturated rings. The molecule has 0 N–H and O–H groups in total. The predicted octanol–water partition coefficient (Wildman–Crippen LogP) is 2.57. The SMILES string of the molecule is O=C1C=CC(=NOC(=O)c2cccc([N+](=O)[O-])c2Br)C=C1. The lowest BCUT2D eigenvalue weighted by atomic mass is 10.2. The number of carbonyl (C=O) groups excluding carboxylic acids is 2. The van der Waals surface area contributed by atoms with Crippen molar-refractivity contribution >= 4 is 39.1 Å². The summed E-state index contributed by atoms with van der Waals surface area (Å²) >= 11 is 2.99. The maximum atomic E-state index is 11.9. The second-order valence-corrected chi connectivity index (χ2v) is 4.65.